The van der Waals surface area contributed by atoms with Crippen LogP contribution in [0.25, 0.3) is 0 Å². The smallest absolute Gasteiger partial charge is 0.135 e. The number of nitrogens with one attached hydrogen (secondary N) is 2. The van der Waals surface area contributed by atoms with Gasteiger partial charge in [0.1, 0.15) is 18.2 Å². The van der Waals surface area contributed by atoms with Crippen LogP contribution in [0.5, 0.6) is 5.75 Å². The molecule has 0 unspecified atom stereocenters. The van der Waals surface area contributed by atoms with E-state index in [0.717, 1.165) is 34.8 Å². The van der Waals surface area contributed by atoms with Crippen LogP contribution in [0.15, 0.2) is 72.9 Å². The summed E-state index contributed by atoms with van der Waals surface area (Å²) in [7, 11) is 0. The minimum absolute atomic E-state index is 0.443. The van der Waals surface area contributed by atoms with Gasteiger partial charge in [0.15, 0.2) is 0 Å². The van der Waals surface area contributed by atoms with Gasteiger partial charge in [-0.2, -0.15) is 0 Å². The van der Waals surface area contributed by atoms with Crippen LogP contribution in [0.2, 0.25) is 0 Å². The number of nitrogens with zero attached hydrogens (tertiary/aromatic N) is 1. The summed E-state index contributed by atoms with van der Waals surface area (Å²) in [6.07, 6.45) is 1.73. The summed E-state index contributed by atoms with van der Waals surface area (Å²) in [5, 5.41) is 11.7. The summed E-state index contributed by atoms with van der Waals surface area (Å²) >= 11 is 0. The molecule has 0 atom stereocenters. The largest absolute Gasteiger partial charge is 0.489 e. The third kappa shape index (κ3) is 4.23. The Hall–Kier alpha value is -3.14. The zero-order valence-electron chi connectivity index (χ0n) is 14.2. The van der Waals surface area contributed by atoms with E-state index >= 15 is 0 Å². The van der Waals surface area contributed by atoms with E-state index in [1.807, 2.05) is 73.7 Å². The highest BCUT2D eigenvalue weighted by molar-refractivity contribution is 6.13. The van der Waals surface area contributed by atoms with Gasteiger partial charge in [-0.3, -0.25) is 5.41 Å². The minimum atomic E-state index is 0.443. The summed E-state index contributed by atoms with van der Waals surface area (Å²) in [5.41, 5.74) is 3.20. The molecular weight excluding hydrogens is 310 g/mol. The second kappa shape index (κ2) is 8.11. The molecule has 2 aromatic carbocycles. The first-order valence-electron chi connectivity index (χ1n) is 8.33. The molecule has 0 aliphatic carbocycles. The number of rotatable bonds is 7. The van der Waals surface area contributed by atoms with Crippen molar-refractivity contribution in [3.8, 4) is 5.75 Å². The van der Waals surface area contributed by atoms with Gasteiger partial charge in [0.05, 0.1) is 5.71 Å². The number of hydrogen-bond acceptors (Lipinski definition) is 4. The summed E-state index contributed by atoms with van der Waals surface area (Å²) in [6, 6.07) is 21.4. The third-order valence-corrected chi connectivity index (χ3v) is 3.81. The van der Waals surface area contributed by atoms with E-state index in [2.05, 4.69) is 10.3 Å². The molecule has 1 heterocycles. The van der Waals surface area contributed by atoms with Crippen molar-refractivity contribution >= 4 is 11.5 Å². The van der Waals surface area contributed by atoms with Gasteiger partial charge in [0.2, 0.25) is 0 Å². The zero-order valence-corrected chi connectivity index (χ0v) is 14.2. The van der Waals surface area contributed by atoms with E-state index in [-0.39, 0.29) is 0 Å². The van der Waals surface area contributed by atoms with Crippen molar-refractivity contribution in [2.75, 3.05) is 11.9 Å². The van der Waals surface area contributed by atoms with Crippen molar-refractivity contribution in [1.82, 2.24) is 4.98 Å². The Balaban J connectivity index is 1.71. The van der Waals surface area contributed by atoms with Gasteiger partial charge < -0.3 is 10.1 Å². The molecule has 126 valence electrons. The van der Waals surface area contributed by atoms with Crippen molar-refractivity contribution in [2.45, 2.75) is 13.5 Å². The molecule has 0 aliphatic heterocycles. The first-order chi connectivity index (χ1) is 12.3. The predicted molar refractivity (Wildman–Crippen MR) is 102 cm³/mol. The van der Waals surface area contributed by atoms with E-state index in [1.54, 1.807) is 6.20 Å². The average molecular weight is 331 g/mol. The van der Waals surface area contributed by atoms with Gasteiger partial charge >= 0.3 is 0 Å². The number of ether oxygens (including phenoxy) is 1. The van der Waals surface area contributed by atoms with Crippen molar-refractivity contribution < 1.29 is 4.74 Å². The Kier molecular flexibility index (Phi) is 5.42. The maximum absolute atomic E-state index is 8.48. The quantitative estimate of drug-likeness (QED) is 0.626. The van der Waals surface area contributed by atoms with Crippen LogP contribution in [0.3, 0.4) is 0 Å². The predicted octanol–water partition coefficient (Wildman–Crippen LogP) is 4.51. The monoisotopic (exact) mass is 331 g/mol. The summed E-state index contributed by atoms with van der Waals surface area (Å²) in [5.74, 6) is 1.53. The lowest BCUT2D eigenvalue weighted by Gasteiger charge is -2.11. The van der Waals surface area contributed by atoms with Crippen LogP contribution in [0.4, 0.5) is 5.82 Å². The maximum atomic E-state index is 8.48. The normalized spacial score (nSPS) is 10.3. The number of anilines is 1. The highest BCUT2D eigenvalue weighted by atomic mass is 16.5. The van der Waals surface area contributed by atoms with E-state index < -0.39 is 0 Å². The van der Waals surface area contributed by atoms with Crippen molar-refractivity contribution in [3.05, 3.63) is 89.6 Å². The van der Waals surface area contributed by atoms with Crippen LogP contribution in [0.1, 0.15) is 23.6 Å². The number of pyridine rings is 1. The Bertz CT molecular complexity index is 829. The van der Waals surface area contributed by atoms with Crippen LogP contribution in [-0.2, 0) is 6.61 Å². The molecule has 25 heavy (non-hydrogen) atoms. The molecule has 0 saturated carbocycles. The maximum Gasteiger partial charge on any atom is 0.135 e. The fraction of sp³-hybridized carbons (Fsp3) is 0.143. The molecule has 0 aliphatic rings. The minimum Gasteiger partial charge on any atom is -0.489 e. The molecule has 0 saturated heterocycles. The summed E-state index contributed by atoms with van der Waals surface area (Å²) in [6.45, 7) is 3.31. The van der Waals surface area contributed by atoms with Crippen LogP contribution < -0.4 is 10.1 Å². The van der Waals surface area contributed by atoms with Crippen molar-refractivity contribution in [2.24, 2.45) is 0 Å². The van der Waals surface area contributed by atoms with E-state index in [0.29, 0.717) is 12.3 Å². The lowest BCUT2D eigenvalue weighted by Crippen LogP contribution is -2.09. The van der Waals surface area contributed by atoms with Gasteiger partial charge in [-0.25, -0.2) is 4.98 Å². The van der Waals surface area contributed by atoms with Crippen LogP contribution >= 0.6 is 0 Å². The molecule has 2 N–H and O–H groups in total. The standard InChI is InChI=1S/C21H21N3O/c1-2-23-21-19(9-6-14-24-21)20(22)17-10-12-18(13-11-17)25-15-16-7-4-3-5-8-16/h3-14,22H,2,15H2,1H3,(H,23,24). The summed E-state index contributed by atoms with van der Waals surface area (Å²) in [4.78, 5) is 4.32. The van der Waals surface area contributed by atoms with Gasteiger partial charge in [-0.15, -0.1) is 0 Å². The lowest BCUT2D eigenvalue weighted by atomic mass is 10.0. The van der Waals surface area contributed by atoms with Crippen LogP contribution in [-0.4, -0.2) is 17.2 Å². The molecule has 0 fully saturated rings. The van der Waals surface area contributed by atoms with Crippen LogP contribution in [0, 0.1) is 5.41 Å². The fourth-order valence-electron chi connectivity index (χ4n) is 2.53. The third-order valence-electron chi connectivity index (χ3n) is 3.81. The highest BCUT2D eigenvalue weighted by Gasteiger charge is 2.10. The second-order valence-electron chi connectivity index (χ2n) is 5.60. The molecule has 0 bridgehead atoms. The molecule has 1 aromatic heterocycles. The van der Waals surface area contributed by atoms with Gasteiger partial charge in [0, 0.05) is 23.9 Å². The van der Waals surface area contributed by atoms with Crippen molar-refractivity contribution in [1.29, 1.82) is 5.41 Å². The topological polar surface area (TPSA) is 58.0 Å². The van der Waals surface area contributed by atoms with Gasteiger partial charge in [-0.05, 0) is 48.9 Å². The molecule has 0 spiro atoms. The Morgan fingerprint density at radius 1 is 1.00 bits per heavy atom. The average Bonchev–Trinajstić information content (AvgIpc) is 2.68. The highest BCUT2D eigenvalue weighted by Crippen LogP contribution is 2.20. The number of benzene rings is 2. The molecule has 0 radical (unpaired) electrons. The van der Waals surface area contributed by atoms with E-state index in [1.165, 1.54) is 0 Å². The second-order valence-corrected chi connectivity index (χ2v) is 5.60. The SMILES string of the molecule is CCNc1ncccc1C(=N)c1ccc(OCc2ccccc2)cc1. The molecule has 4 nitrogen and oxygen atoms in total. The Morgan fingerprint density at radius 2 is 1.76 bits per heavy atom. The van der Waals surface area contributed by atoms with Gasteiger partial charge in [0.25, 0.3) is 0 Å². The first-order valence-corrected chi connectivity index (χ1v) is 8.33. The molecular formula is C21H21N3O. The molecule has 3 rings (SSSR count). The van der Waals surface area contributed by atoms with E-state index in [9.17, 15) is 0 Å². The molecule has 0 amide bonds. The first kappa shape index (κ1) is 16.7. The number of hydrogen-bond donors (Lipinski definition) is 2. The van der Waals surface area contributed by atoms with E-state index in [4.69, 9.17) is 10.1 Å². The Morgan fingerprint density at radius 3 is 2.48 bits per heavy atom. The molecule has 3 aromatic rings. The lowest BCUT2D eigenvalue weighted by molar-refractivity contribution is 0.306. The van der Waals surface area contributed by atoms with Crippen molar-refractivity contribution in [3.63, 3.8) is 0 Å². The molecule has 4 heteroatoms. The zero-order chi connectivity index (χ0) is 17.5. The number of aromatic nitrogens is 1. The van der Waals surface area contributed by atoms with Gasteiger partial charge in [-0.1, -0.05) is 30.3 Å². The summed E-state index contributed by atoms with van der Waals surface area (Å²) < 4.78 is 5.80. The fourth-order valence-corrected chi connectivity index (χ4v) is 2.53. The Labute approximate surface area is 148 Å².